The third-order valence-electron chi connectivity index (χ3n) is 2.62. The van der Waals surface area contributed by atoms with Crippen LogP contribution in [0.3, 0.4) is 0 Å². The first-order valence-electron chi connectivity index (χ1n) is 5.41. The fourth-order valence-corrected chi connectivity index (χ4v) is 1.86. The van der Waals surface area contributed by atoms with Crippen LogP contribution in [-0.4, -0.2) is 26.0 Å². The first kappa shape index (κ1) is 13.9. The average molecular weight is 286 g/mol. The molecule has 0 unspecified atom stereocenters. The molecule has 0 atom stereocenters. The van der Waals surface area contributed by atoms with E-state index in [-0.39, 0.29) is 17.1 Å². The normalized spacial score (nSPS) is 11.6. The number of benzene rings is 1. The molecule has 2 aromatic rings. The predicted molar refractivity (Wildman–Crippen MR) is 61.9 cm³/mol. The maximum Gasteiger partial charge on any atom is 0.434 e. The van der Waals surface area contributed by atoms with Gasteiger partial charge in [-0.1, -0.05) is 6.07 Å². The summed E-state index contributed by atoms with van der Waals surface area (Å²) in [5.74, 6) is -1.96. The van der Waals surface area contributed by atoms with Crippen LogP contribution in [0.15, 0.2) is 24.3 Å². The summed E-state index contributed by atoms with van der Waals surface area (Å²) in [5.41, 5.74) is -2.62. The molecule has 0 amide bonds. The third-order valence-corrected chi connectivity index (χ3v) is 2.62. The molecule has 2 N–H and O–H groups in total. The van der Waals surface area contributed by atoms with Crippen molar-refractivity contribution < 1.29 is 28.2 Å². The lowest BCUT2D eigenvalue weighted by Gasteiger charge is -2.11. The molecule has 0 fully saturated rings. The quantitative estimate of drug-likeness (QED) is 0.889. The van der Waals surface area contributed by atoms with E-state index in [1.807, 2.05) is 0 Å². The van der Waals surface area contributed by atoms with Crippen molar-refractivity contribution in [1.29, 1.82) is 0 Å². The highest BCUT2D eigenvalue weighted by Crippen LogP contribution is 2.35. The number of carbonyl (C=O) groups is 1. The number of carboxylic acid groups (broad SMARTS) is 1. The second kappa shape index (κ2) is 4.55. The van der Waals surface area contributed by atoms with E-state index in [1.54, 1.807) is 0 Å². The maximum absolute atomic E-state index is 13.1. The third kappa shape index (κ3) is 2.31. The van der Waals surface area contributed by atoms with Gasteiger partial charge in [0.2, 0.25) is 0 Å². The van der Waals surface area contributed by atoms with Gasteiger partial charge in [0, 0.05) is 6.07 Å². The van der Waals surface area contributed by atoms with Crippen LogP contribution >= 0.6 is 0 Å². The van der Waals surface area contributed by atoms with Gasteiger partial charge in [-0.05, 0) is 19.1 Å². The molecule has 2 rings (SSSR count). The van der Waals surface area contributed by atoms with Crippen LogP contribution in [0, 0.1) is 6.92 Å². The lowest BCUT2D eigenvalue weighted by molar-refractivity contribution is -0.143. The molecular formula is C12H9F3N2O3. The first-order chi connectivity index (χ1) is 9.21. The molecule has 0 saturated carbocycles. The van der Waals surface area contributed by atoms with E-state index in [4.69, 9.17) is 5.11 Å². The predicted octanol–water partition coefficient (Wildman–Crippen LogP) is 2.60. The largest absolute Gasteiger partial charge is 0.508 e. The molecule has 0 aliphatic heterocycles. The SMILES string of the molecule is Cc1nn(-c2cccc(O)c2)c(C(F)(F)F)c1C(=O)O. The Balaban J connectivity index is 2.78. The van der Waals surface area contributed by atoms with Crippen molar-refractivity contribution in [2.24, 2.45) is 0 Å². The average Bonchev–Trinajstić information content (AvgIpc) is 2.66. The van der Waals surface area contributed by atoms with Gasteiger partial charge in [-0.15, -0.1) is 0 Å². The van der Waals surface area contributed by atoms with Crippen molar-refractivity contribution in [3.05, 3.63) is 41.2 Å². The second-order valence-corrected chi connectivity index (χ2v) is 4.04. The molecule has 0 saturated heterocycles. The number of rotatable bonds is 2. The van der Waals surface area contributed by atoms with Crippen molar-refractivity contribution in [2.75, 3.05) is 0 Å². The minimum atomic E-state index is -4.89. The Morgan fingerprint density at radius 2 is 2.00 bits per heavy atom. The summed E-state index contributed by atoms with van der Waals surface area (Å²) < 4.78 is 39.7. The van der Waals surface area contributed by atoms with Crippen LogP contribution in [0.5, 0.6) is 5.75 Å². The van der Waals surface area contributed by atoms with Gasteiger partial charge in [0.15, 0.2) is 5.69 Å². The van der Waals surface area contributed by atoms with E-state index in [0.29, 0.717) is 4.68 Å². The number of aromatic hydroxyl groups is 1. The lowest BCUT2D eigenvalue weighted by atomic mass is 10.2. The van der Waals surface area contributed by atoms with E-state index >= 15 is 0 Å². The molecule has 0 spiro atoms. The molecule has 20 heavy (non-hydrogen) atoms. The number of halogens is 3. The number of carboxylic acids is 1. The zero-order valence-electron chi connectivity index (χ0n) is 10.1. The van der Waals surface area contributed by atoms with Crippen molar-refractivity contribution in [3.8, 4) is 11.4 Å². The van der Waals surface area contributed by atoms with Crippen molar-refractivity contribution >= 4 is 5.97 Å². The number of aromatic nitrogens is 2. The molecule has 106 valence electrons. The van der Waals surface area contributed by atoms with E-state index < -0.39 is 23.4 Å². The smallest absolute Gasteiger partial charge is 0.434 e. The Morgan fingerprint density at radius 3 is 2.50 bits per heavy atom. The topological polar surface area (TPSA) is 75.3 Å². The Kier molecular flexibility index (Phi) is 3.16. The molecule has 0 bridgehead atoms. The summed E-state index contributed by atoms with van der Waals surface area (Å²) >= 11 is 0. The number of alkyl halides is 3. The minimum Gasteiger partial charge on any atom is -0.508 e. The van der Waals surface area contributed by atoms with E-state index in [1.165, 1.54) is 25.1 Å². The zero-order chi connectivity index (χ0) is 15.1. The molecule has 1 heterocycles. The summed E-state index contributed by atoms with van der Waals surface area (Å²) in [7, 11) is 0. The summed E-state index contributed by atoms with van der Waals surface area (Å²) in [5, 5.41) is 21.9. The lowest BCUT2D eigenvalue weighted by Crippen LogP contribution is -2.17. The van der Waals surface area contributed by atoms with Gasteiger partial charge >= 0.3 is 12.1 Å². The summed E-state index contributed by atoms with van der Waals surface area (Å²) in [6.07, 6.45) is -4.89. The van der Waals surface area contributed by atoms with Crippen molar-refractivity contribution in [1.82, 2.24) is 9.78 Å². The maximum atomic E-state index is 13.1. The molecule has 0 aliphatic carbocycles. The zero-order valence-corrected chi connectivity index (χ0v) is 10.1. The van der Waals surface area contributed by atoms with Crippen LogP contribution in [0.2, 0.25) is 0 Å². The number of hydrogen-bond donors (Lipinski definition) is 2. The molecule has 0 aliphatic rings. The summed E-state index contributed by atoms with van der Waals surface area (Å²) in [6.45, 7) is 1.18. The number of hydrogen-bond acceptors (Lipinski definition) is 3. The Hall–Kier alpha value is -2.51. The van der Waals surface area contributed by atoms with E-state index in [2.05, 4.69) is 5.10 Å². The van der Waals surface area contributed by atoms with Crippen molar-refractivity contribution in [3.63, 3.8) is 0 Å². The van der Waals surface area contributed by atoms with Crippen LogP contribution in [-0.2, 0) is 6.18 Å². The van der Waals surface area contributed by atoms with Crippen LogP contribution in [0.4, 0.5) is 13.2 Å². The minimum absolute atomic E-state index is 0.0760. The number of phenolic OH excluding ortho intramolecular Hbond substituents is 1. The standard InChI is InChI=1S/C12H9F3N2O3/c1-6-9(11(19)20)10(12(13,14)15)17(16-6)7-3-2-4-8(18)5-7/h2-5,18H,1H3,(H,19,20). The fourth-order valence-electron chi connectivity index (χ4n) is 1.86. The molecule has 1 aromatic heterocycles. The summed E-state index contributed by atoms with van der Waals surface area (Å²) in [6, 6.07) is 4.97. The molecule has 8 heteroatoms. The number of aryl methyl sites for hydroxylation is 1. The number of aromatic carboxylic acids is 1. The summed E-state index contributed by atoms with van der Waals surface area (Å²) in [4.78, 5) is 11.0. The first-order valence-corrected chi connectivity index (χ1v) is 5.41. The van der Waals surface area contributed by atoms with Gasteiger partial charge in [-0.25, -0.2) is 9.48 Å². The highest BCUT2D eigenvalue weighted by atomic mass is 19.4. The molecule has 0 radical (unpaired) electrons. The molecular weight excluding hydrogens is 277 g/mol. The monoisotopic (exact) mass is 286 g/mol. The van der Waals surface area contributed by atoms with Gasteiger partial charge < -0.3 is 10.2 Å². The van der Waals surface area contributed by atoms with Crippen LogP contribution in [0.1, 0.15) is 21.7 Å². The highest BCUT2D eigenvalue weighted by molar-refractivity contribution is 5.90. The second-order valence-electron chi connectivity index (χ2n) is 4.04. The van der Waals surface area contributed by atoms with Gasteiger partial charge in [-0.2, -0.15) is 18.3 Å². The Labute approximate surface area is 110 Å². The van der Waals surface area contributed by atoms with Gasteiger partial charge in [0.1, 0.15) is 11.3 Å². The molecule has 1 aromatic carbocycles. The Morgan fingerprint density at radius 1 is 1.35 bits per heavy atom. The van der Waals surface area contributed by atoms with Gasteiger partial charge in [0.25, 0.3) is 0 Å². The number of nitrogens with zero attached hydrogens (tertiary/aromatic N) is 2. The van der Waals surface area contributed by atoms with Gasteiger partial charge in [-0.3, -0.25) is 0 Å². The van der Waals surface area contributed by atoms with E-state index in [0.717, 1.165) is 6.07 Å². The molecule has 5 nitrogen and oxygen atoms in total. The van der Waals surface area contributed by atoms with Crippen LogP contribution in [0.25, 0.3) is 5.69 Å². The van der Waals surface area contributed by atoms with E-state index in [9.17, 15) is 23.1 Å². The van der Waals surface area contributed by atoms with Gasteiger partial charge in [0.05, 0.1) is 11.4 Å². The fraction of sp³-hybridized carbons (Fsp3) is 0.167. The van der Waals surface area contributed by atoms with Crippen LogP contribution < -0.4 is 0 Å². The number of phenols is 1. The highest BCUT2D eigenvalue weighted by Gasteiger charge is 2.42. The Bertz CT molecular complexity index is 677. The van der Waals surface area contributed by atoms with Crippen molar-refractivity contribution in [2.45, 2.75) is 13.1 Å².